The molecule has 0 radical (unpaired) electrons. The Hall–Kier alpha value is -1.89. The van der Waals surface area contributed by atoms with E-state index < -0.39 is 0 Å². The molecule has 4 rings (SSSR count). The third-order valence-corrected chi connectivity index (χ3v) is 7.04. The molecule has 1 aliphatic rings. The topological polar surface area (TPSA) is 42.4 Å². The minimum atomic E-state index is -0.0121. The van der Waals surface area contributed by atoms with Crippen LogP contribution < -0.4 is 4.90 Å². The van der Waals surface area contributed by atoms with Crippen molar-refractivity contribution >= 4 is 44.4 Å². The smallest absolute Gasteiger partial charge is 0.260 e. The highest BCUT2D eigenvalue weighted by molar-refractivity contribution is 7.99. The molecule has 1 amide bonds. The highest BCUT2D eigenvalue weighted by Crippen LogP contribution is 2.33. The average Bonchev–Trinajstić information content (AvgIpc) is 3.36. The summed E-state index contributed by atoms with van der Waals surface area (Å²) in [5.41, 5.74) is 4.03. The summed E-state index contributed by atoms with van der Waals surface area (Å²) in [5.74, 6) is 1.00. The summed E-state index contributed by atoms with van der Waals surface area (Å²) in [6.07, 6.45) is 2.11. The number of rotatable bonds is 6. The average molecular weight is 427 g/mol. The number of nitrogens with zero attached hydrogens (tertiary/aromatic N) is 2. The van der Waals surface area contributed by atoms with Crippen LogP contribution in [-0.4, -0.2) is 35.9 Å². The minimum absolute atomic E-state index is 0.0121. The highest BCUT2D eigenvalue weighted by Gasteiger charge is 2.27. The summed E-state index contributed by atoms with van der Waals surface area (Å²) in [7, 11) is 0. The minimum Gasteiger partial charge on any atom is -0.376 e. The first-order chi connectivity index (χ1) is 14.0. The Morgan fingerprint density at radius 3 is 2.76 bits per heavy atom. The van der Waals surface area contributed by atoms with Gasteiger partial charge in [-0.15, -0.1) is 11.8 Å². The number of ether oxygens (including phenoxy) is 1. The lowest BCUT2D eigenvalue weighted by molar-refractivity contribution is 0.0917. The summed E-state index contributed by atoms with van der Waals surface area (Å²) in [6.45, 7) is 7.62. The molecule has 0 N–H and O–H groups in total. The van der Waals surface area contributed by atoms with Gasteiger partial charge in [0.25, 0.3) is 5.91 Å². The number of aryl methyl sites for hydroxylation is 2. The van der Waals surface area contributed by atoms with Gasteiger partial charge in [0, 0.05) is 17.1 Å². The van der Waals surface area contributed by atoms with Crippen molar-refractivity contribution in [1.29, 1.82) is 0 Å². The van der Waals surface area contributed by atoms with Gasteiger partial charge >= 0.3 is 0 Å². The zero-order valence-corrected chi connectivity index (χ0v) is 18.7. The predicted octanol–water partition coefficient (Wildman–Crippen LogP) is 5.85. The van der Waals surface area contributed by atoms with Crippen LogP contribution in [0.15, 0.2) is 41.3 Å². The molecule has 0 saturated carbocycles. The maximum absolute atomic E-state index is 13.5. The van der Waals surface area contributed by atoms with Crippen molar-refractivity contribution in [2.75, 3.05) is 23.8 Å². The zero-order chi connectivity index (χ0) is 20.4. The number of benzene rings is 2. The number of fused-ring (bicyclic) bond motifs is 1. The second-order valence-corrected chi connectivity index (χ2v) is 9.78. The third-order valence-electron chi connectivity index (χ3n) is 5.12. The van der Waals surface area contributed by atoms with Crippen LogP contribution in [0.4, 0.5) is 5.13 Å². The summed E-state index contributed by atoms with van der Waals surface area (Å²) >= 11 is 3.36. The number of thioether (sulfide) groups is 1. The SMILES string of the molecule is CCSc1ccc(C(=O)N(CC2CCCO2)c2nc3c(C)cc(C)cc3s2)cc1. The highest BCUT2D eigenvalue weighted by atomic mass is 32.2. The lowest BCUT2D eigenvalue weighted by atomic mass is 10.1. The standard InChI is InChI=1S/C23H26N2O2S2/c1-4-28-19-9-7-17(8-10-19)22(26)25(14-18-6-5-11-27-18)23-24-21-16(3)12-15(2)13-20(21)29-23/h7-10,12-13,18H,4-6,11,14H2,1-3H3. The van der Waals surface area contributed by atoms with Gasteiger partial charge in [-0.05, 0) is 73.9 Å². The Bertz CT molecular complexity index is 1010. The molecule has 1 aliphatic heterocycles. The molecule has 152 valence electrons. The van der Waals surface area contributed by atoms with Gasteiger partial charge in [-0.1, -0.05) is 24.3 Å². The molecule has 1 fully saturated rings. The molecule has 2 aromatic carbocycles. The van der Waals surface area contributed by atoms with Crippen LogP contribution >= 0.6 is 23.1 Å². The molecular formula is C23H26N2O2S2. The van der Waals surface area contributed by atoms with Crippen LogP contribution in [0.5, 0.6) is 0 Å². The molecule has 4 nitrogen and oxygen atoms in total. The largest absolute Gasteiger partial charge is 0.376 e. The molecule has 0 bridgehead atoms. The van der Waals surface area contributed by atoms with Crippen LogP contribution in [0.2, 0.25) is 0 Å². The van der Waals surface area contributed by atoms with Crippen LogP contribution in [0, 0.1) is 13.8 Å². The Morgan fingerprint density at radius 2 is 2.07 bits per heavy atom. The van der Waals surface area contributed by atoms with Gasteiger partial charge in [0.1, 0.15) is 0 Å². The van der Waals surface area contributed by atoms with E-state index >= 15 is 0 Å². The summed E-state index contributed by atoms with van der Waals surface area (Å²) < 4.78 is 6.96. The quantitative estimate of drug-likeness (QED) is 0.464. The van der Waals surface area contributed by atoms with Crippen molar-refractivity contribution in [2.24, 2.45) is 0 Å². The predicted molar refractivity (Wildman–Crippen MR) is 123 cm³/mol. The van der Waals surface area contributed by atoms with E-state index in [1.807, 2.05) is 29.2 Å². The Morgan fingerprint density at radius 1 is 1.28 bits per heavy atom. The van der Waals surface area contributed by atoms with E-state index in [4.69, 9.17) is 9.72 Å². The fourth-order valence-electron chi connectivity index (χ4n) is 3.73. The molecule has 29 heavy (non-hydrogen) atoms. The summed E-state index contributed by atoms with van der Waals surface area (Å²) in [5, 5.41) is 0.751. The lowest BCUT2D eigenvalue weighted by Crippen LogP contribution is -2.37. The molecule has 1 atom stereocenters. The van der Waals surface area contributed by atoms with E-state index in [2.05, 4.69) is 32.9 Å². The van der Waals surface area contributed by atoms with Crippen LogP contribution in [-0.2, 0) is 4.74 Å². The molecule has 1 aromatic heterocycles. The molecule has 2 heterocycles. The maximum atomic E-state index is 13.5. The molecular weight excluding hydrogens is 400 g/mol. The number of thiazole rings is 1. The van der Waals surface area contributed by atoms with Gasteiger partial charge in [-0.3, -0.25) is 9.69 Å². The van der Waals surface area contributed by atoms with E-state index in [0.717, 1.165) is 46.1 Å². The number of hydrogen-bond donors (Lipinski definition) is 0. The molecule has 0 aliphatic carbocycles. The Kier molecular flexibility index (Phi) is 6.23. The van der Waals surface area contributed by atoms with Gasteiger partial charge in [0.15, 0.2) is 5.13 Å². The van der Waals surface area contributed by atoms with E-state index in [1.54, 1.807) is 23.1 Å². The zero-order valence-electron chi connectivity index (χ0n) is 17.1. The fraction of sp³-hybridized carbons (Fsp3) is 0.391. The first kappa shape index (κ1) is 20.4. The number of amides is 1. The van der Waals surface area contributed by atoms with Gasteiger partial charge in [0.2, 0.25) is 0 Å². The molecule has 6 heteroatoms. The van der Waals surface area contributed by atoms with Crippen LogP contribution in [0.3, 0.4) is 0 Å². The van der Waals surface area contributed by atoms with E-state index in [9.17, 15) is 4.79 Å². The fourth-order valence-corrected chi connectivity index (χ4v) is 5.54. The maximum Gasteiger partial charge on any atom is 0.260 e. The van der Waals surface area contributed by atoms with E-state index in [1.165, 1.54) is 10.5 Å². The van der Waals surface area contributed by atoms with Crippen molar-refractivity contribution in [1.82, 2.24) is 4.98 Å². The van der Waals surface area contributed by atoms with Crippen molar-refractivity contribution in [3.8, 4) is 0 Å². The van der Waals surface area contributed by atoms with E-state index in [0.29, 0.717) is 12.1 Å². The number of carbonyl (C=O) groups excluding carboxylic acids is 1. The van der Waals surface area contributed by atoms with Gasteiger partial charge in [-0.25, -0.2) is 4.98 Å². The summed E-state index contributed by atoms with van der Waals surface area (Å²) in [6, 6.07) is 12.2. The Labute approximate surface area is 180 Å². The number of anilines is 1. The first-order valence-corrected chi connectivity index (χ1v) is 11.9. The van der Waals surface area contributed by atoms with Gasteiger partial charge in [-0.2, -0.15) is 0 Å². The lowest BCUT2D eigenvalue weighted by Gasteiger charge is -2.23. The number of aromatic nitrogens is 1. The molecule has 1 unspecified atom stereocenters. The third kappa shape index (κ3) is 4.49. The van der Waals surface area contributed by atoms with Crippen molar-refractivity contribution in [3.05, 3.63) is 53.1 Å². The number of hydrogen-bond acceptors (Lipinski definition) is 5. The molecule has 0 spiro atoms. The Balaban J connectivity index is 1.69. The monoisotopic (exact) mass is 426 g/mol. The van der Waals surface area contributed by atoms with Gasteiger partial charge in [0.05, 0.1) is 22.9 Å². The van der Waals surface area contributed by atoms with Crippen LogP contribution in [0.25, 0.3) is 10.2 Å². The second kappa shape index (κ2) is 8.86. The normalized spacial score (nSPS) is 16.4. The van der Waals surface area contributed by atoms with E-state index in [-0.39, 0.29) is 12.0 Å². The van der Waals surface area contributed by atoms with Gasteiger partial charge < -0.3 is 4.74 Å². The van der Waals surface area contributed by atoms with Crippen LogP contribution in [0.1, 0.15) is 41.3 Å². The summed E-state index contributed by atoms with van der Waals surface area (Å²) in [4.78, 5) is 21.3. The molecule has 1 saturated heterocycles. The van der Waals surface area contributed by atoms with Crippen molar-refractivity contribution < 1.29 is 9.53 Å². The first-order valence-electron chi connectivity index (χ1n) is 10.1. The van der Waals surface area contributed by atoms with Crippen molar-refractivity contribution in [3.63, 3.8) is 0 Å². The van der Waals surface area contributed by atoms with Crippen molar-refractivity contribution in [2.45, 2.75) is 44.6 Å². The molecule has 3 aromatic rings. The number of carbonyl (C=O) groups is 1. The second-order valence-electron chi connectivity index (χ2n) is 7.43.